The van der Waals surface area contributed by atoms with E-state index < -0.39 is 0 Å². The van der Waals surface area contributed by atoms with Crippen molar-refractivity contribution in [2.75, 3.05) is 11.9 Å². The highest BCUT2D eigenvalue weighted by Gasteiger charge is 2.34. The summed E-state index contributed by atoms with van der Waals surface area (Å²) < 4.78 is 1.81. The normalized spacial score (nSPS) is 17.2. The topological polar surface area (TPSA) is 79.6 Å². The second-order valence-electron chi connectivity index (χ2n) is 6.05. The molecule has 1 atom stereocenters. The van der Waals surface area contributed by atoms with E-state index in [9.17, 15) is 9.59 Å². The first-order valence-corrected chi connectivity index (χ1v) is 8.11. The Bertz CT molecular complexity index is 921. The molecule has 0 aliphatic carbocycles. The number of hydrogen-bond acceptors (Lipinski definition) is 4. The standard InChI is InChI=1S/C18H17N5O2/c24-17-10-13(11-22(17)12-14-4-1-2-7-19-14)18(25)21-16-6-3-5-15-20-8-9-23(15)16/h1-9,13H,10-12H2,(H,21,25). The van der Waals surface area contributed by atoms with Crippen LogP contribution in [0.5, 0.6) is 0 Å². The van der Waals surface area contributed by atoms with Crippen LogP contribution in [0, 0.1) is 5.92 Å². The van der Waals surface area contributed by atoms with Gasteiger partial charge in [-0.25, -0.2) is 4.98 Å². The van der Waals surface area contributed by atoms with Gasteiger partial charge in [0, 0.05) is 31.6 Å². The van der Waals surface area contributed by atoms with Crippen molar-refractivity contribution in [2.45, 2.75) is 13.0 Å². The average molecular weight is 335 g/mol. The van der Waals surface area contributed by atoms with Gasteiger partial charge in [-0.3, -0.25) is 19.0 Å². The highest BCUT2D eigenvalue weighted by molar-refractivity contribution is 5.96. The van der Waals surface area contributed by atoms with Crippen LogP contribution in [0.15, 0.2) is 55.0 Å². The molecule has 0 aromatic carbocycles. The minimum atomic E-state index is -0.366. The van der Waals surface area contributed by atoms with Gasteiger partial charge in [0.1, 0.15) is 11.5 Å². The van der Waals surface area contributed by atoms with Gasteiger partial charge in [-0.1, -0.05) is 12.1 Å². The maximum atomic E-state index is 12.6. The maximum Gasteiger partial charge on any atom is 0.230 e. The first-order valence-electron chi connectivity index (χ1n) is 8.11. The number of nitrogens with one attached hydrogen (secondary N) is 1. The van der Waals surface area contributed by atoms with Crippen LogP contribution in [0.2, 0.25) is 0 Å². The van der Waals surface area contributed by atoms with Crippen molar-refractivity contribution in [2.24, 2.45) is 5.92 Å². The van der Waals surface area contributed by atoms with Gasteiger partial charge in [-0.2, -0.15) is 0 Å². The van der Waals surface area contributed by atoms with E-state index in [0.29, 0.717) is 18.9 Å². The van der Waals surface area contributed by atoms with Crippen molar-refractivity contribution in [3.63, 3.8) is 0 Å². The number of carbonyl (C=O) groups excluding carboxylic acids is 2. The summed E-state index contributed by atoms with van der Waals surface area (Å²) in [6, 6.07) is 11.1. The van der Waals surface area contributed by atoms with E-state index in [0.717, 1.165) is 11.3 Å². The third-order valence-electron chi connectivity index (χ3n) is 4.34. The Morgan fingerprint density at radius 1 is 1.16 bits per heavy atom. The zero-order valence-electron chi connectivity index (χ0n) is 13.5. The lowest BCUT2D eigenvalue weighted by molar-refractivity contribution is -0.128. The second-order valence-corrected chi connectivity index (χ2v) is 6.05. The summed E-state index contributed by atoms with van der Waals surface area (Å²) in [6.07, 6.45) is 5.39. The van der Waals surface area contributed by atoms with E-state index in [1.807, 2.05) is 36.4 Å². The molecular weight excluding hydrogens is 318 g/mol. The number of amides is 2. The molecule has 3 aromatic rings. The molecule has 1 fully saturated rings. The third kappa shape index (κ3) is 3.08. The average Bonchev–Trinajstić information content (AvgIpc) is 3.24. The van der Waals surface area contributed by atoms with Crippen LogP contribution in [0.25, 0.3) is 5.65 Å². The molecule has 2 amide bonds. The monoisotopic (exact) mass is 335 g/mol. The lowest BCUT2D eigenvalue weighted by atomic mass is 10.1. The summed E-state index contributed by atoms with van der Waals surface area (Å²) in [4.78, 5) is 34.9. The quantitative estimate of drug-likeness (QED) is 0.787. The maximum absolute atomic E-state index is 12.6. The van der Waals surface area contributed by atoms with Gasteiger partial charge in [0.05, 0.1) is 18.2 Å². The van der Waals surface area contributed by atoms with Crippen LogP contribution >= 0.6 is 0 Å². The Balaban J connectivity index is 1.45. The Hall–Kier alpha value is -3.22. The minimum absolute atomic E-state index is 0.0216. The molecule has 0 radical (unpaired) electrons. The number of pyridine rings is 2. The molecule has 1 aliphatic rings. The number of imidazole rings is 1. The summed E-state index contributed by atoms with van der Waals surface area (Å²) in [5.41, 5.74) is 1.58. The summed E-state index contributed by atoms with van der Waals surface area (Å²) in [5, 5.41) is 2.91. The van der Waals surface area contributed by atoms with E-state index >= 15 is 0 Å². The van der Waals surface area contributed by atoms with Crippen LogP contribution in [-0.2, 0) is 16.1 Å². The van der Waals surface area contributed by atoms with Gasteiger partial charge in [0.2, 0.25) is 11.8 Å². The highest BCUT2D eigenvalue weighted by atomic mass is 16.2. The summed E-state index contributed by atoms with van der Waals surface area (Å²) >= 11 is 0. The van der Waals surface area contributed by atoms with Gasteiger partial charge in [0.25, 0.3) is 0 Å². The van der Waals surface area contributed by atoms with Gasteiger partial charge in [-0.15, -0.1) is 0 Å². The van der Waals surface area contributed by atoms with Gasteiger partial charge in [0.15, 0.2) is 0 Å². The largest absolute Gasteiger partial charge is 0.336 e. The zero-order valence-corrected chi connectivity index (χ0v) is 13.5. The van der Waals surface area contributed by atoms with Crippen LogP contribution in [0.1, 0.15) is 12.1 Å². The molecule has 7 heteroatoms. The summed E-state index contributed by atoms with van der Waals surface area (Å²) in [6.45, 7) is 0.835. The molecule has 126 valence electrons. The zero-order chi connectivity index (χ0) is 17.2. The highest BCUT2D eigenvalue weighted by Crippen LogP contribution is 2.22. The fraction of sp³-hybridized carbons (Fsp3) is 0.222. The lowest BCUT2D eigenvalue weighted by Gasteiger charge is -2.16. The molecular formula is C18H17N5O2. The number of aromatic nitrogens is 3. The number of likely N-dealkylation sites (tertiary alicyclic amines) is 1. The van der Waals surface area contributed by atoms with E-state index in [-0.39, 0.29) is 24.2 Å². The van der Waals surface area contributed by atoms with E-state index in [1.165, 1.54) is 0 Å². The fourth-order valence-corrected chi connectivity index (χ4v) is 3.07. The number of fused-ring (bicyclic) bond motifs is 1. The summed E-state index contributed by atoms with van der Waals surface area (Å²) in [5.74, 6) is 0.107. The van der Waals surface area contributed by atoms with Crippen molar-refractivity contribution in [3.05, 3.63) is 60.7 Å². The van der Waals surface area contributed by atoms with Crippen LogP contribution in [0.3, 0.4) is 0 Å². The van der Waals surface area contributed by atoms with E-state index in [1.54, 1.807) is 27.9 Å². The van der Waals surface area contributed by atoms with Crippen molar-refractivity contribution >= 4 is 23.3 Å². The molecule has 1 N–H and O–H groups in total. The third-order valence-corrected chi connectivity index (χ3v) is 4.34. The second kappa shape index (κ2) is 6.35. The Morgan fingerprint density at radius 2 is 2.08 bits per heavy atom. The van der Waals surface area contributed by atoms with Crippen molar-refractivity contribution in [3.8, 4) is 0 Å². The molecule has 25 heavy (non-hydrogen) atoms. The lowest BCUT2D eigenvalue weighted by Crippen LogP contribution is -2.28. The SMILES string of the molecule is O=C(Nc1cccc2nccn12)C1CC(=O)N(Cc2ccccn2)C1. The van der Waals surface area contributed by atoms with E-state index in [2.05, 4.69) is 15.3 Å². The molecule has 1 saturated heterocycles. The predicted octanol–water partition coefficient (Wildman–Crippen LogP) is 1.72. The number of hydrogen-bond donors (Lipinski definition) is 1. The number of nitrogens with zero attached hydrogens (tertiary/aromatic N) is 4. The van der Waals surface area contributed by atoms with Crippen molar-refractivity contribution in [1.29, 1.82) is 0 Å². The van der Waals surface area contributed by atoms with Gasteiger partial charge in [-0.05, 0) is 24.3 Å². The molecule has 0 bridgehead atoms. The molecule has 4 heterocycles. The number of anilines is 1. The molecule has 0 saturated carbocycles. The molecule has 0 spiro atoms. The van der Waals surface area contributed by atoms with Gasteiger partial charge >= 0.3 is 0 Å². The first-order chi connectivity index (χ1) is 12.2. The molecule has 7 nitrogen and oxygen atoms in total. The smallest absolute Gasteiger partial charge is 0.230 e. The first kappa shape index (κ1) is 15.3. The van der Waals surface area contributed by atoms with Crippen LogP contribution < -0.4 is 5.32 Å². The fourth-order valence-electron chi connectivity index (χ4n) is 3.07. The molecule has 1 unspecified atom stereocenters. The van der Waals surface area contributed by atoms with Crippen LogP contribution in [0.4, 0.5) is 5.82 Å². The molecule has 3 aromatic heterocycles. The predicted molar refractivity (Wildman–Crippen MR) is 91.6 cm³/mol. The molecule has 4 rings (SSSR count). The van der Waals surface area contributed by atoms with Crippen molar-refractivity contribution < 1.29 is 9.59 Å². The minimum Gasteiger partial charge on any atom is -0.336 e. The number of carbonyl (C=O) groups is 2. The van der Waals surface area contributed by atoms with Crippen LogP contribution in [-0.4, -0.2) is 37.6 Å². The number of rotatable bonds is 4. The molecule has 1 aliphatic heterocycles. The van der Waals surface area contributed by atoms with Crippen molar-refractivity contribution in [1.82, 2.24) is 19.3 Å². The Kier molecular flexibility index (Phi) is 3.89. The van der Waals surface area contributed by atoms with Gasteiger partial charge < -0.3 is 10.2 Å². The van der Waals surface area contributed by atoms with E-state index in [4.69, 9.17) is 0 Å². The Morgan fingerprint density at radius 3 is 2.92 bits per heavy atom. The Labute approximate surface area is 144 Å². The summed E-state index contributed by atoms with van der Waals surface area (Å²) in [7, 11) is 0.